The second-order valence-electron chi connectivity index (χ2n) is 5.68. The number of aromatic nitrogens is 2. The van der Waals surface area contributed by atoms with Crippen LogP contribution >= 0.6 is 0 Å². The number of anilines is 2. The maximum atomic E-state index is 5.93. The molecule has 21 heavy (non-hydrogen) atoms. The molecule has 2 heterocycles. The van der Waals surface area contributed by atoms with E-state index in [0.717, 1.165) is 68.5 Å². The molecule has 1 aliphatic heterocycles. The lowest BCUT2D eigenvalue weighted by Gasteiger charge is -2.34. The van der Waals surface area contributed by atoms with E-state index in [2.05, 4.69) is 41.0 Å². The van der Waals surface area contributed by atoms with Crippen LogP contribution in [-0.4, -0.2) is 42.3 Å². The van der Waals surface area contributed by atoms with Gasteiger partial charge in [-0.05, 0) is 40.0 Å². The molecule has 1 aromatic heterocycles. The van der Waals surface area contributed by atoms with Gasteiger partial charge in [0, 0.05) is 31.8 Å². The largest absolute Gasteiger partial charge is 0.376 e. The Balaban J connectivity index is 2.16. The lowest BCUT2D eigenvalue weighted by atomic mass is 10.1. The maximum Gasteiger partial charge on any atom is 0.137 e. The molecule has 1 saturated heterocycles. The van der Waals surface area contributed by atoms with Gasteiger partial charge in [-0.3, -0.25) is 0 Å². The Morgan fingerprint density at radius 1 is 1.29 bits per heavy atom. The fraction of sp³-hybridized carbons (Fsp3) is 0.750. The summed E-state index contributed by atoms with van der Waals surface area (Å²) in [4.78, 5) is 11.5. The zero-order valence-corrected chi connectivity index (χ0v) is 13.8. The van der Waals surface area contributed by atoms with Gasteiger partial charge in [-0.1, -0.05) is 6.92 Å². The highest BCUT2D eigenvalue weighted by atomic mass is 16.5. The predicted molar refractivity (Wildman–Crippen MR) is 87.1 cm³/mol. The molecule has 0 amide bonds. The van der Waals surface area contributed by atoms with Crippen LogP contribution in [0.15, 0.2) is 0 Å². The summed E-state index contributed by atoms with van der Waals surface area (Å²) in [6, 6.07) is 0. The average molecular weight is 292 g/mol. The van der Waals surface area contributed by atoms with Crippen LogP contribution in [0.5, 0.6) is 0 Å². The van der Waals surface area contributed by atoms with Gasteiger partial charge in [0.05, 0.1) is 6.10 Å². The number of aryl methyl sites for hydroxylation is 1. The molecule has 0 aromatic carbocycles. The van der Waals surface area contributed by atoms with E-state index < -0.39 is 0 Å². The predicted octanol–water partition coefficient (Wildman–Crippen LogP) is 2.92. The van der Waals surface area contributed by atoms with Crippen LogP contribution in [0.4, 0.5) is 11.6 Å². The van der Waals surface area contributed by atoms with E-state index >= 15 is 0 Å². The van der Waals surface area contributed by atoms with Crippen molar-refractivity contribution in [2.24, 2.45) is 0 Å². The fourth-order valence-electron chi connectivity index (χ4n) is 2.81. The molecule has 0 aliphatic carbocycles. The molecule has 0 saturated carbocycles. The summed E-state index contributed by atoms with van der Waals surface area (Å²) >= 11 is 0. The van der Waals surface area contributed by atoms with Crippen LogP contribution in [0, 0.1) is 13.8 Å². The highest BCUT2D eigenvalue weighted by molar-refractivity contribution is 5.58. The Morgan fingerprint density at radius 3 is 2.81 bits per heavy atom. The number of ether oxygens (including phenoxy) is 1. The minimum atomic E-state index is 0.330. The molecular weight excluding hydrogens is 264 g/mol. The first-order valence-electron chi connectivity index (χ1n) is 8.11. The zero-order chi connectivity index (χ0) is 15.2. The summed E-state index contributed by atoms with van der Waals surface area (Å²) in [5.41, 5.74) is 1.14. The third-order valence-electron chi connectivity index (χ3n) is 3.81. The summed E-state index contributed by atoms with van der Waals surface area (Å²) in [6.07, 6.45) is 3.72. The molecular formula is C16H28N4O. The highest BCUT2D eigenvalue weighted by Crippen LogP contribution is 2.26. The summed E-state index contributed by atoms with van der Waals surface area (Å²) in [5, 5.41) is 3.33. The quantitative estimate of drug-likeness (QED) is 0.873. The first-order chi connectivity index (χ1) is 10.2. The topological polar surface area (TPSA) is 50.3 Å². The molecule has 1 unspecified atom stereocenters. The first-order valence-corrected chi connectivity index (χ1v) is 8.11. The van der Waals surface area contributed by atoms with E-state index in [1.807, 2.05) is 6.92 Å². The Kier molecular flexibility index (Phi) is 5.79. The number of rotatable bonds is 6. The van der Waals surface area contributed by atoms with Gasteiger partial charge >= 0.3 is 0 Å². The van der Waals surface area contributed by atoms with Crippen molar-refractivity contribution in [3.05, 3.63) is 11.4 Å². The smallest absolute Gasteiger partial charge is 0.137 e. The van der Waals surface area contributed by atoms with Gasteiger partial charge in [0.25, 0.3) is 0 Å². The number of piperidine rings is 1. The van der Waals surface area contributed by atoms with Crippen molar-refractivity contribution in [2.75, 3.05) is 36.5 Å². The van der Waals surface area contributed by atoms with Crippen LogP contribution in [0.2, 0.25) is 0 Å². The van der Waals surface area contributed by atoms with Crippen molar-refractivity contribution < 1.29 is 4.74 Å². The fourth-order valence-corrected chi connectivity index (χ4v) is 2.81. The van der Waals surface area contributed by atoms with Crippen LogP contribution in [0.1, 0.15) is 44.5 Å². The molecule has 118 valence electrons. The number of nitrogens with zero attached hydrogens (tertiary/aromatic N) is 3. The lowest BCUT2D eigenvalue weighted by Crippen LogP contribution is -2.40. The average Bonchev–Trinajstić information content (AvgIpc) is 2.49. The van der Waals surface area contributed by atoms with E-state index in [9.17, 15) is 0 Å². The van der Waals surface area contributed by atoms with Gasteiger partial charge in [-0.2, -0.15) is 0 Å². The highest BCUT2D eigenvalue weighted by Gasteiger charge is 2.23. The van der Waals surface area contributed by atoms with Crippen molar-refractivity contribution >= 4 is 11.6 Å². The van der Waals surface area contributed by atoms with E-state index in [1.165, 1.54) is 0 Å². The molecule has 2 rings (SSSR count). The molecule has 0 radical (unpaired) electrons. The van der Waals surface area contributed by atoms with Crippen molar-refractivity contribution in [1.29, 1.82) is 0 Å². The van der Waals surface area contributed by atoms with Gasteiger partial charge in [-0.15, -0.1) is 0 Å². The molecule has 1 N–H and O–H groups in total. The minimum absolute atomic E-state index is 0.330. The Hall–Kier alpha value is -1.36. The van der Waals surface area contributed by atoms with E-state index in [4.69, 9.17) is 4.74 Å². The SMILES string of the molecule is CCCOC1CCCN(c2nc(C)nc(NCC)c2C)C1. The second-order valence-corrected chi connectivity index (χ2v) is 5.68. The van der Waals surface area contributed by atoms with Crippen molar-refractivity contribution in [3.8, 4) is 0 Å². The molecule has 1 atom stereocenters. The monoisotopic (exact) mass is 292 g/mol. The lowest BCUT2D eigenvalue weighted by molar-refractivity contribution is 0.0439. The van der Waals surface area contributed by atoms with Gasteiger partial charge in [0.1, 0.15) is 17.5 Å². The molecule has 0 spiro atoms. The van der Waals surface area contributed by atoms with Crippen molar-refractivity contribution in [1.82, 2.24) is 9.97 Å². The van der Waals surface area contributed by atoms with Gasteiger partial charge in [0.2, 0.25) is 0 Å². The van der Waals surface area contributed by atoms with Gasteiger partial charge in [0.15, 0.2) is 0 Å². The molecule has 1 aromatic rings. The molecule has 1 fully saturated rings. The van der Waals surface area contributed by atoms with E-state index in [1.54, 1.807) is 0 Å². The number of hydrogen-bond donors (Lipinski definition) is 1. The van der Waals surface area contributed by atoms with Crippen molar-refractivity contribution in [3.63, 3.8) is 0 Å². The minimum Gasteiger partial charge on any atom is -0.376 e. The number of hydrogen-bond acceptors (Lipinski definition) is 5. The normalized spacial score (nSPS) is 18.9. The molecule has 5 heteroatoms. The number of nitrogens with one attached hydrogen (secondary N) is 1. The molecule has 0 bridgehead atoms. The summed E-state index contributed by atoms with van der Waals surface area (Å²) in [6.45, 7) is 12.0. The van der Waals surface area contributed by atoms with Crippen LogP contribution in [0.25, 0.3) is 0 Å². The second kappa shape index (κ2) is 7.59. The Labute approximate surface area is 128 Å². The standard InChI is InChI=1S/C16H28N4O/c1-5-10-21-14-8-7-9-20(11-14)16-12(3)15(17-6-2)18-13(4)19-16/h14H,5-11H2,1-4H3,(H,17,18,19). The van der Waals surface area contributed by atoms with Gasteiger partial charge < -0.3 is 15.0 Å². The summed E-state index contributed by atoms with van der Waals surface area (Å²) in [7, 11) is 0. The van der Waals surface area contributed by atoms with Crippen LogP contribution in [-0.2, 0) is 4.74 Å². The molecule has 1 aliphatic rings. The van der Waals surface area contributed by atoms with Crippen LogP contribution in [0.3, 0.4) is 0 Å². The van der Waals surface area contributed by atoms with E-state index in [0.29, 0.717) is 6.10 Å². The maximum absolute atomic E-state index is 5.93. The third-order valence-corrected chi connectivity index (χ3v) is 3.81. The van der Waals surface area contributed by atoms with Crippen molar-refractivity contribution in [2.45, 2.75) is 53.1 Å². The summed E-state index contributed by atoms with van der Waals surface area (Å²) in [5.74, 6) is 2.84. The van der Waals surface area contributed by atoms with E-state index in [-0.39, 0.29) is 0 Å². The third kappa shape index (κ3) is 4.06. The first kappa shape index (κ1) is 16.0. The summed E-state index contributed by atoms with van der Waals surface area (Å²) < 4.78 is 5.93. The molecule has 5 nitrogen and oxygen atoms in total. The Bertz CT molecular complexity index is 464. The van der Waals surface area contributed by atoms with Gasteiger partial charge in [-0.25, -0.2) is 9.97 Å². The van der Waals surface area contributed by atoms with Crippen LogP contribution < -0.4 is 10.2 Å². The zero-order valence-electron chi connectivity index (χ0n) is 13.8. The Morgan fingerprint density at radius 2 is 2.10 bits per heavy atom.